The number of ether oxygens (including phenoxy) is 2. The predicted molar refractivity (Wildman–Crippen MR) is 85.7 cm³/mol. The van der Waals surface area contributed by atoms with Crippen molar-refractivity contribution in [2.75, 3.05) is 26.1 Å². The molecular formula is C16H23N3O3. The minimum Gasteiger partial charge on any atom is -0.497 e. The van der Waals surface area contributed by atoms with Gasteiger partial charge in [-0.2, -0.15) is 5.10 Å². The number of aliphatic hydroxyl groups is 1. The molecule has 22 heavy (non-hydrogen) atoms. The number of hydrogen-bond acceptors (Lipinski definition) is 5. The van der Waals surface area contributed by atoms with Crippen LogP contribution < -0.4 is 14.8 Å². The molecule has 0 aliphatic heterocycles. The molecule has 0 aliphatic carbocycles. The summed E-state index contributed by atoms with van der Waals surface area (Å²) >= 11 is 0. The summed E-state index contributed by atoms with van der Waals surface area (Å²) in [7, 11) is 3.27. The smallest absolute Gasteiger partial charge is 0.127 e. The molecule has 120 valence electrons. The molecule has 2 N–H and O–H groups in total. The lowest BCUT2D eigenvalue weighted by Crippen LogP contribution is -2.11. The minimum atomic E-state index is 0.0578. The van der Waals surface area contributed by atoms with Gasteiger partial charge >= 0.3 is 0 Å². The normalized spacial score (nSPS) is 10.6. The Kier molecular flexibility index (Phi) is 5.27. The van der Waals surface area contributed by atoms with Crippen molar-refractivity contribution in [3.63, 3.8) is 0 Å². The molecule has 0 spiro atoms. The Balaban J connectivity index is 2.19. The van der Waals surface area contributed by atoms with Crippen LogP contribution in [0.15, 0.2) is 18.2 Å². The van der Waals surface area contributed by atoms with Gasteiger partial charge < -0.3 is 19.9 Å². The number of aliphatic hydroxyl groups excluding tert-OH is 1. The summed E-state index contributed by atoms with van der Waals surface area (Å²) in [4.78, 5) is 0. The highest BCUT2D eigenvalue weighted by Gasteiger charge is 2.11. The van der Waals surface area contributed by atoms with Gasteiger partial charge in [-0.1, -0.05) is 0 Å². The van der Waals surface area contributed by atoms with Gasteiger partial charge in [-0.25, -0.2) is 4.68 Å². The van der Waals surface area contributed by atoms with Crippen molar-refractivity contribution in [3.8, 4) is 11.5 Å². The van der Waals surface area contributed by atoms with Crippen molar-refractivity contribution in [2.45, 2.75) is 26.9 Å². The zero-order chi connectivity index (χ0) is 16.1. The number of hydrogen-bond donors (Lipinski definition) is 2. The number of methoxy groups -OCH3 is 2. The van der Waals surface area contributed by atoms with Gasteiger partial charge in [0.15, 0.2) is 0 Å². The lowest BCUT2D eigenvalue weighted by Gasteiger charge is -2.12. The third-order valence-corrected chi connectivity index (χ3v) is 3.61. The van der Waals surface area contributed by atoms with Gasteiger partial charge in [-0.3, -0.25) is 0 Å². The number of aryl methyl sites for hydroxylation is 1. The summed E-state index contributed by atoms with van der Waals surface area (Å²) < 4.78 is 12.4. The van der Waals surface area contributed by atoms with Gasteiger partial charge in [0, 0.05) is 18.2 Å². The van der Waals surface area contributed by atoms with Crippen LogP contribution in [0.4, 0.5) is 5.82 Å². The molecule has 1 aromatic heterocycles. The number of benzene rings is 1. The molecule has 0 bridgehead atoms. The zero-order valence-electron chi connectivity index (χ0n) is 13.5. The highest BCUT2D eigenvalue weighted by Crippen LogP contribution is 2.24. The van der Waals surface area contributed by atoms with Crippen LogP contribution in [0.2, 0.25) is 0 Å². The second-order valence-electron chi connectivity index (χ2n) is 5.08. The standard InChI is InChI=1S/C16H23N3O3/c1-11-12(2)18-19(5-6-20)16(11)17-10-13-7-14(21-3)9-15(8-13)22-4/h7-9,17,20H,5-6,10H2,1-4H3. The van der Waals surface area contributed by atoms with Crippen LogP contribution in [0.1, 0.15) is 16.8 Å². The molecule has 0 radical (unpaired) electrons. The Labute approximate surface area is 130 Å². The summed E-state index contributed by atoms with van der Waals surface area (Å²) in [6, 6.07) is 5.77. The lowest BCUT2D eigenvalue weighted by atomic mass is 10.2. The molecule has 0 aliphatic rings. The average molecular weight is 305 g/mol. The molecular weight excluding hydrogens is 282 g/mol. The van der Waals surface area contributed by atoms with Gasteiger partial charge in [0.2, 0.25) is 0 Å². The summed E-state index contributed by atoms with van der Waals surface area (Å²) in [6.45, 7) is 5.12. The lowest BCUT2D eigenvalue weighted by molar-refractivity contribution is 0.270. The molecule has 2 rings (SSSR count). The van der Waals surface area contributed by atoms with E-state index < -0.39 is 0 Å². The molecule has 6 nitrogen and oxygen atoms in total. The first-order valence-corrected chi connectivity index (χ1v) is 7.19. The highest BCUT2D eigenvalue weighted by atomic mass is 16.5. The van der Waals surface area contributed by atoms with Gasteiger partial charge in [-0.15, -0.1) is 0 Å². The van der Waals surface area contributed by atoms with E-state index in [9.17, 15) is 0 Å². The monoisotopic (exact) mass is 305 g/mol. The maximum atomic E-state index is 9.14. The Bertz CT molecular complexity index is 616. The van der Waals surface area contributed by atoms with Crippen LogP contribution in [0.25, 0.3) is 0 Å². The number of nitrogens with one attached hydrogen (secondary N) is 1. The van der Waals surface area contributed by atoms with Crippen LogP contribution in [0.5, 0.6) is 11.5 Å². The topological polar surface area (TPSA) is 68.5 Å². The maximum Gasteiger partial charge on any atom is 0.127 e. The predicted octanol–water partition coefficient (Wildman–Crippen LogP) is 2.12. The van der Waals surface area contributed by atoms with Gasteiger partial charge in [0.25, 0.3) is 0 Å². The molecule has 6 heteroatoms. The van der Waals surface area contributed by atoms with Gasteiger partial charge in [0.05, 0.1) is 33.1 Å². The summed E-state index contributed by atoms with van der Waals surface area (Å²) in [5.41, 5.74) is 3.09. The van der Waals surface area contributed by atoms with Crippen molar-refractivity contribution >= 4 is 5.82 Å². The van der Waals surface area contributed by atoms with E-state index >= 15 is 0 Å². The molecule has 0 fully saturated rings. The van der Waals surface area contributed by atoms with Crippen molar-refractivity contribution in [1.82, 2.24) is 9.78 Å². The first kappa shape index (κ1) is 16.2. The largest absolute Gasteiger partial charge is 0.497 e. The highest BCUT2D eigenvalue weighted by molar-refractivity contribution is 5.48. The Morgan fingerprint density at radius 3 is 2.32 bits per heavy atom. The summed E-state index contributed by atoms with van der Waals surface area (Å²) in [6.07, 6.45) is 0. The average Bonchev–Trinajstić information content (AvgIpc) is 2.79. The van der Waals surface area contributed by atoms with Crippen LogP contribution in [-0.2, 0) is 13.1 Å². The maximum absolute atomic E-state index is 9.14. The zero-order valence-corrected chi connectivity index (χ0v) is 13.5. The molecule has 2 aromatic rings. The van der Waals surface area contributed by atoms with E-state index in [1.165, 1.54) is 0 Å². The molecule has 1 aromatic carbocycles. The molecule has 0 saturated heterocycles. The van der Waals surface area contributed by atoms with E-state index in [4.69, 9.17) is 14.6 Å². The number of anilines is 1. The van der Waals surface area contributed by atoms with Crippen molar-refractivity contribution in [1.29, 1.82) is 0 Å². The van der Waals surface area contributed by atoms with E-state index in [0.717, 1.165) is 34.1 Å². The Morgan fingerprint density at radius 1 is 1.14 bits per heavy atom. The molecule has 0 amide bonds. The Morgan fingerprint density at radius 2 is 1.77 bits per heavy atom. The number of rotatable bonds is 7. The fourth-order valence-electron chi connectivity index (χ4n) is 2.31. The van der Waals surface area contributed by atoms with Gasteiger partial charge in [0.1, 0.15) is 17.3 Å². The molecule has 1 heterocycles. The van der Waals surface area contributed by atoms with E-state index in [1.807, 2.05) is 32.0 Å². The first-order chi connectivity index (χ1) is 10.6. The SMILES string of the molecule is COc1cc(CNc2c(C)c(C)nn2CCO)cc(OC)c1. The van der Waals surface area contributed by atoms with Crippen molar-refractivity contribution in [3.05, 3.63) is 35.0 Å². The molecule has 0 atom stereocenters. The van der Waals surface area contributed by atoms with Crippen LogP contribution >= 0.6 is 0 Å². The fraction of sp³-hybridized carbons (Fsp3) is 0.438. The third kappa shape index (κ3) is 3.51. The molecule has 0 unspecified atom stereocenters. The van der Waals surface area contributed by atoms with Crippen molar-refractivity contribution < 1.29 is 14.6 Å². The second kappa shape index (κ2) is 7.17. The number of nitrogens with zero attached hydrogens (tertiary/aromatic N) is 2. The van der Waals surface area contributed by atoms with Crippen LogP contribution in [-0.4, -0.2) is 35.7 Å². The third-order valence-electron chi connectivity index (χ3n) is 3.61. The quantitative estimate of drug-likeness (QED) is 0.820. The van der Waals surface area contributed by atoms with Crippen LogP contribution in [0, 0.1) is 13.8 Å². The van der Waals surface area contributed by atoms with E-state index in [2.05, 4.69) is 10.4 Å². The first-order valence-electron chi connectivity index (χ1n) is 7.19. The van der Waals surface area contributed by atoms with Gasteiger partial charge in [-0.05, 0) is 31.5 Å². The fourth-order valence-corrected chi connectivity index (χ4v) is 2.31. The Hall–Kier alpha value is -2.21. The molecule has 0 saturated carbocycles. The van der Waals surface area contributed by atoms with E-state index in [1.54, 1.807) is 18.9 Å². The summed E-state index contributed by atoms with van der Waals surface area (Å²) in [5, 5.41) is 17.0. The minimum absolute atomic E-state index is 0.0578. The van der Waals surface area contributed by atoms with Crippen LogP contribution in [0.3, 0.4) is 0 Å². The van der Waals surface area contributed by atoms with E-state index in [-0.39, 0.29) is 6.61 Å². The number of aromatic nitrogens is 2. The second-order valence-corrected chi connectivity index (χ2v) is 5.08. The van der Waals surface area contributed by atoms with Crippen molar-refractivity contribution in [2.24, 2.45) is 0 Å². The van der Waals surface area contributed by atoms with E-state index in [0.29, 0.717) is 13.1 Å². The summed E-state index contributed by atoms with van der Waals surface area (Å²) in [5.74, 6) is 2.44.